The summed E-state index contributed by atoms with van der Waals surface area (Å²) in [5.74, 6) is 0.120. The Bertz CT molecular complexity index is 1100. The first kappa shape index (κ1) is 25.1. The van der Waals surface area contributed by atoms with Gasteiger partial charge in [0.05, 0.1) is 4.47 Å². The van der Waals surface area contributed by atoms with E-state index < -0.39 is 6.04 Å². The highest BCUT2D eigenvalue weighted by atomic mass is 79.9. The Kier molecular flexibility index (Phi) is 9.15. The molecule has 0 spiro atoms. The molecule has 0 saturated carbocycles. The van der Waals surface area contributed by atoms with Crippen LogP contribution in [-0.2, 0) is 16.1 Å². The highest BCUT2D eigenvalue weighted by Crippen LogP contribution is 2.33. The third kappa shape index (κ3) is 6.71. The molecule has 0 aromatic heterocycles. The van der Waals surface area contributed by atoms with Crippen LogP contribution in [-0.4, -0.2) is 35.9 Å². The van der Waals surface area contributed by atoms with Gasteiger partial charge in [-0.2, -0.15) is 0 Å². The van der Waals surface area contributed by atoms with Crippen molar-refractivity contribution >= 4 is 50.1 Å². The van der Waals surface area contributed by atoms with Crippen molar-refractivity contribution in [3.63, 3.8) is 0 Å². The maximum Gasteiger partial charge on any atom is 0.261 e. The van der Waals surface area contributed by atoms with Crippen molar-refractivity contribution in [1.29, 1.82) is 0 Å². The number of carbonyl (C=O) groups is 2. The molecule has 1 atom stereocenters. The number of fused-ring (bicyclic) bond motifs is 1. The van der Waals surface area contributed by atoms with E-state index >= 15 is 0 Å². The molecule has 0 aliphatic carbocycles. The summed E-state index contributed by atoms with van der Waals surface area (Å²) >= 11 is 9.59. The van der Waals surface area contributed by atoms with Gasteiger partial charge >= 0.3 is 0 Å². The number of ether oxygens (including phenoxy) is 1. The van der Waals surface area contributed by atoms with Crippen LogP contribution in [0.1, 0.15) is 32.3 Å². The Hall–Kier alpha value is -2.57. The van der Waals surface area contributed by atoms with Crippen LogP contribution in [0.2, 0.25) is 5.02 Å². The number of unbranched alkanes of at least 4 members (excludes halogenated alkanes) is 1. The van der Waals surface area contributed by atoms with Gasteiger partial charge < -0.3 is 15.0 Å². The Morgan fingerprint density at radius 3 is 2.55 bits per heavy atom. The fourth-order valence-electron chi connectivity index (χ4n) is 3.45. The van der Waals surface area contributed by atoms with Gasteiger partial charge in [-0.25, -0.2) is 0 Å². The summed E-state index contributed by atoms with van der Waals surface area (Å²) in [6.07, 6.45) is 1.87. The van der Waals surface area contributed by atoms with E-state index in [0.717, 1.165) is 33.7 Å². The van der Waals surface area contributed by atoms with Gasteiger partial charge in [-0.1, -0.05) is 67.4 Å². The number of benzene rings is 3. The van der Waals surface area contributed by atoms with Gasteiger partial charge in [0.2, 0.25) is 5.91 Å². The van der Waals surface area contributed by atoms with Crippen LogP contribution in [0.5, 0.6) is 5.75 Å². The van der Waals surface area contributed by atoms with Crippen molar-refractivity contribution in [3.05, 3.63) is 75.7 Å². The number of rotatable bonds is 10. The van der Waals surface area contributed by atoms with Gasteiger partial charge in [-0.15, -0.1) is 0 Å². The molecule has 0 aliphatic heterocycles. The molecule has 0 unspecified atom stereocenters. The normalized spacial score (nSPS) is 11.8. The first-order chi connectivity index (χ1) is 15.9. The van der Waals surface area contributed by atoms with E-state index in [-0.39, 0.29) is 25.0 Å². The van der Waals surface area contributed by atoms with E-state index in [4.69, 9.17) is 16.3 Å². The molecule has 0 radical (unpaired) electrons. The van der Waals surface area contributed by atoms with Gasteiger partial charge in [-0.05, 0) is 63.8 Å². The van der Waals surface area contributed by atoms with Crippen LogP contribution in [0.15, 0.2) is 65.1 Å². The zero-order valence-corrected chi connectivity index (χ0v) is 21.2. The number of hydrogen-bond acceptors (Lipinski definition) is 3. The quantitative estimate of drug-likeness (QED) is 0.328. The standard InChI is InChI=1S/C26H28BrClN2O3/c1-3-4-15-29-26(32)18(2)30(16-19-9-12-21(28)13-10-19)24(31)17-33-23-14-11-20-7-5-6-8-22(20)25(23)27/h5-14,18H,3-4,15-17H2,1-2H3,(H,29,32)/t18-/m0/s1. The number of halogens is 2. The van der Waals surface area contributed by atoms with Crippen molar-refractivity contribution in [2.24, 2.45) is 0 Å². The Morgan fingerprint density at radius 2 is 1.82 bits per heavy atom. The van der Waals surface area contributed by atoms with Crippen molar-refractivity contribution in [2.45, 2.75) is 39.3 Å². The fraction of sp³-hybridized carbons (Fsp3) is 0.308. The number of nitrogens with zero attached hydrogens (tertiary/aromatic N) is 1. The minimum Gasteiger partial charge on any atom is -0.483 e. The summed E-state index contributed by atoms with van der Waals surface area (Å²) in [5.41, 5.74) is 0.882. The summed E-state index contributed by atoms with van der Waals surface area (Å²) in [5, 5.41) is 5.61. The average molecular weight is 532 g/mol. The molecule has 174 valence electrons. The maximum absolute atomic E-state index is 13.2. The summed E-state index contributed by atoms with van der Waals surface area (Å²) in [6.45, 7) is 4.48. The van der Waals surface area contributed by atoms with E-state index in [0.29, 0.717) is 17.3 Å². The Labute approximate surface area is 208 Å². The minimum absolute atomic E-state index is 0.183. The van der Waals surface area contributed by atoms with E-state index in [9.17, 15) is 9.59 Å². The van der Waals surface area contributed by atoms with Crippen LogP contribution >= 0.6 is 27.5 Å². The van der Waals surface area contributed by atoms with Crippen molar-refractivity contribution in [2.75, 3.05) is 13.2 Å². The fourth-order valence-corrected chi connectivity index (χ4v) is 4.19. The van der Waals surface area contributed by atoms with Gasteiger partial charge in [0.1, 0.15) is 11.8 Å². The van der Waals surface area contributed by atoms with Gasteiger partial charge in [0, 0.05) is 18.1 Å². The molecule has 1 N–H and O–H groups in total. The van der Waals surface area contributed by atoms with E-state index in [1.807, 2.05) is 48.5 Å². The molecule has 0 bridgehead atoms. The lowest BCUT2D eigenvalue weighted by molar-refractivity contribution is -0.142. The molecular weight excluding hydrogens is 504 g/mol. The molecule has 3 aromatic rings. The van der Waals surface area contributed by atoms with Crippen LogP contribution < -0.4 is 10.1 Å². The highest BCUT2D eigenvalue weighted by molar-refractivity contribution is 9.10. The molecule has 0 heterocycles. The average Bonchev–Trinajstić information content (AvgIpc) is 2.83. The zero-order valence-electron chi connectivity index (χ0n) is 18.8. The van der Waals surface area contributed by atoms with Gasteiger partial charge in [0.15, 0.2) is 6.61 Å². The zero-order chi connectivity index (χ0) is 23.8. The highest BCUT2D eigenvalue weighted by Gasteiger charge is 2.26. The predicted molar refractivity (Wildman–Crippen MR) is 137 cm³/mol. The van der Waals surface area contributed by atoms with Crippen molar-refractivity contribution < 1.29 is 14.3 Å². The molecule has 3 aromatic carbocycles. The molecule has 0 fully saturated rings. The van der Waals surface area contributed by atoms with Gasteiger partial charge in [-0.3, -0.25) is 9.59 Å². The largest absolute Gasteiger partial charge is 0.483 e. The van der Waals surface area contributed by atoms with Gasteiger partial charge in [0.25, 0.3) is 5.91 Å². The molecule has 5 nitrogen and oxygen atoms in total. The topological polar surface area (TPSA) is 58.6 Å². The molecule has 0 saturated heterocycles. The van der Waals surface area contributed by atoms with E-state index in [2.05, 4.69) is 28.2 Å². The third-order valence-corrected chi connectivity index (χ3v) is 6.51. The Morgan fingerprint density at radius 1 is 1.09 bits per heavy atom. The summed E-state index contributed by atoms with van der Waals surface area (Å²) in [7, 11) is 0. The monoisotopic (exact) mass is 530 g/mol. The Balaban J connectivity index is 1.75. The summed E-state index contributed by atoms with van der Waals surface area (Å²) in [4.78, 5) is 27.5. The first-order valence-corrected chi connectivity index (χ1v) is 12.2. The van der Waals surface area contributed by atoms with Crippen LogP contribution in [0.25, 0.3) is 10.8 Å². The number of carbonyl (C=O) groups excluding carboxylic acids is 2. The first-order valence-electron chi connectivity index (χ1n) is 11.0. The summed E-state index contributed by atoms with van der Waals surface area (Å²) < 4.78 is 6.68. The number of nitrogens with one attached hydrogen (secondary N) is 1. The van der Waals surface area contributed by atoms with E-state index in [1.165, 1.54) is 0 Å². The number of amides is 2. The van der Waals surface area contributed by atoms with Crippen LogP contribution in [0, 0.1) is 0 Å². The third-order valence-electron chi connectivity index (χ3n) is 5.44. The predicted octanol–water partition coefficient (Wildman–Crippen LogP) is 5.97. The lowest BCUT2D eigenvalue weighted by Gasteiger charge is -2.29. The molecule has 2 amide bonds. The number of hydrogen-bond donors (Lipinski definition) is 1. The molecule has 7 heteroatoms. The molecule has 33 heavy (non-hydrogen) atoms. The second-order valence-corrected chi connectivity index (χ2v) is 9.09. The molecule has 0 aliphatic rings. The summed E-state index contributed by atoms with van der Waals surface area (Å²) in [6, 6.07) is 18.3. The minimum atomic E-state index is -0.645. The molecular formula is C26H28BrClN2O3. The lowest BCUT2D eigenvalue weighted by Crippen LogP contribution is -2.49. The van der Waals surface area contributed by atoms with E-state index in [1.54, 1.807) is 24.0 Å². The smallest absolute Gasteiger partial charge is 0.261 e. The van der Waals surface area contributed by atoms with Crippen molar-refractivity contribution in [3.8, 4) is 5.75 Å². The second kappa shape index (κ2) is 12.1. The SMILES string of the molecule is CCCCNC(=O)[C@H](C)N(Cc1ccc(Cl)cc1)C(=O)COc1ccc2ccccc2c1Br. The van der Waals surface area contributed by atoms with Crippen LogP contribution in [0.4, 0.5) is 0 Å². The molecule has 3 rings (SSSR count). The van der Waals surface area contributed by atoms with Crippen LogP contribution in [0.3, 0.4) is 0 Å². The second-order valence-electron chi connectivity index (χ2n) is 7.86. The lowest BCUT2D eigenvalue weighted by atomic mass is 10.1. The van der Waals surface area contributed by atoms with Crippen molar-refractivity contribution in [1.82, 2.24) is 10.2 Å². The maximum atomic E-state index is 13.2.